The van der Waals surface area contributed by atoms with Gasteiger partial charge in [-0.3, -0.25) is 10.4 Å². The third-order valence-corrected chi connectivity index (χ3v) is 2.09. The van der Waals surface area contributed by atoms with Gasteiger partial charge in [-0.15, -0.1) is 0 Å². The van der Waals surface area contributed by atoms with Gasteiger partial charge in [-0.25, -0.2) is 5.43 Å². The van der Waals surface area contributed by atoms with Crippen molar-refractivity contribution in [2.24, 2.45) is 5.73 Å². The maximum absolute atomic E-state index is 5.87. The van der Waals surface area contributed by atoms with Gasteiger partial charge in [0.2, 0.25) is 0 Å². The van der Waals surface area contributed by atoms with E-state index in [0.29, 0.717) is 0 Å². The van der Waals surface area contributed by atoms with Gasteiger partial charge in [-0.1, -0.05) is 0 Å². The molecule has 1 fully saturated rings. The quantitative estimate of drug-likeness (QED) is 0.526. The molecule has 4 N–H and O–H groups in total. The number of hydrogen-bond donors (Lipinski definition) is 3. The van der Waals surface area contributed by atoms with Crippen molar-refractivity contribution in [3.05, 3.63) is 30.1 Å². The lowest BCUT2D eigenvalue weighted by molar-refractivity contribution is 0.551. The summed E-state index contributed by atoms with van der Waals surface area (Å²) < 4.78 is 0. The molecule has 0 bridgehead atoms. The fourth-order valence-electron chi connectivity index (χ4n) is 1.41. The van der Waals surface area contributed by atoms with E-state index in [2.05, 4.69) is 15.8 Å². The van der Waals surface area contributed by atoms with Crippen LogP contribution in [0.5, 0.6) is 0 Å². The van der Waals surface area contributed by atoms with Crippen LogP contribution in [0.1, 0.15) is 11.6 Å². The predicted molar refractivity (Wildman–Crippen MR) is 46.1 cm³/mol. The number of nitrogens with zero attached hydrogens (tertiary/aromatic N) is 1. The molecule has 4 heteroatoms. The van der Waals surface area contributed by atoms with Crippen LogP contribution in [0.2, 0.25) is 0 Å². The van der Waals surface area contributed by atoms with E-state index in [-0.39, 0.29) is 12.1 Å². The van der Waals surface area contributed by atoms with Crippen LogP contribution < -0.4 is 16.6 Å². The molecule has 2 atom stereocenters. The van der Waals surface area contributed by atoms with Crippen molar-refractivity contribution >= 4 is 0 Å². The molecule has 2 unspecified atom stereocenters. The van der Waals surface area contributed by atoms with Crippen LogP contribution in [0, 0.1) is 0 Å². The van der Waals surface area contributed by atoms with Gasteiger partial charge >= 0.3 is 0 Å². The van der Waals surface area contributed by atoms with Crippen LogP contribution >= 0.6 is 0 Å². The summed E-state index contributed by atoms with van der Waals surface area (Å²) in [5, 5.41) is 0. The maximum Gasteiger partial charge on any atom is 0.0627 e. The summed E-state index contributed by atoms with van der Waals surface area (Å²) in [7, 11) is 0. The van der Waals surface area contributed by atoms with Crippen LogP contribution in [0.15, 0.2) is 24.5 Å². The highest BCUT2D eigenvalue weighted by Gasteiger charge is 2.24. The van der Waals surface area contributed by atoms with Crippen LogP contribution in [0.3, 0.4) is 0 Å². The fourth-order valence-corrected chi connectivity index (χ4v) is 1.41. The van der Waals surface area contributed by atoms with E-state index in [1.807, 2.05) is 12.1 Å². The van der Waals surface area contributed by atoms with Crippen LogP contribution in [0.25, 0.3) is 0 Å². The van der Waals surface area contributed by atoms with Gasteiger partial charge in [0.1, 0.15) is 0 Å². The molecule has 2 heterocycles. The first-order valence-corrected chi connectivity index (χ1v) is 4.02. The summed E-state index contributed by atoms with van der Waals surface area (Å²) in [6.07, 6.45) is 3.56. The molecule has 1 aliphatic heterocycles. The second kappa shape index (κ2) is 3.18. The Morgan fingerprint density at radius 3 is 2.75 bits per heavy atom. The third kappa shape index (κ3) is 1.32. The molecule has 1 saturated heterocycles. The molecule has 0 radical (unpaired) electrons. The Labute approximate surface area is 71.1 Å². The molecular formula is C8H12N4. The van der Waals surface area contributed by atoms with E-state index in [4.69, 9.17) is 5.73 Å². The first-order chi connectivity index (χ1) is 5.88. The lowest BCUT2D eigenvalue weighted by Crippen LogP contribution is -2.29. The van der Waals surface area contributed by atoms with E-state index >= 15 is 0 Å². The van der Waals surface area contributed by atoms with Crippen molar-refractivity contribution in [1.29, 1.82) is 0 Å². The summed E-state index contributed by atoms with van der Waals surface area (Å²) >= 11 is 0. The van der Waals surface area contributed by atoms with Gasteiger partial charge in [0.05, 0.1) is 6.04 Å². The number of hydrogen-bond acceptors (Lipinski definition) is 4. The molecule has 0 aliphatic carbocycles. The molecule has 1 aromatic heterocycles. The molecule has 0 saturated carbocycles. The Morgan fingerprint density at radius 2 is 2.17 bits per heavy atom. The van der Waals surface area contributed by atoms with E-state index in [1.165, 1.54) is 5.56 Å². The zero-order valence-electron chi connectivity index (χ0n) is 6.70. The molecule has 64 valence electrons. The van der Waals surface area contributed by atoms with Crippen LogP contribution in [0.4, 0.5) is 0 Å². The number of rotatable bonds is 1. The number of pyridine rings is 1. The third-order valence-electron chi connectivity index (χ3n) is 2.09. The maximum atomic E-state index is 5.87. The lowest BCUT2D eigenvalue weighted by Gasteiger charge is -2.13. The predicted octanol–water partition coefficient (Wildman–Crippen LogP) is -0.442. The van der Waals surface area contributed by atoms with Crippen LogP contribution in [-0.4, -0.2) is 17.6 Å². The topological polar surface area (TPSA) is 63.0 Å². The van der Waals surface area contributed by atoms with Gasteiger partial charge in [0.15, 0.2) is 0 Å². The molecular weight excluding hydrogens is 152 g/mol. The molecule has 4 nitrogen and oxygen atoms in total. The minimum Gasteiger partial charge on any atom is -0.325 e. The fraction of sp³-hybridized carbons (Fsp3) is 0.375. The first-order valence-electron chi connectivity index (χ1n) is 4.02. The van der Waals surface area contributed by atoms with Gasteiger partial charge in [-0.05, 0) is 17.7 Å². The molecule has 0 amide bonds. The average molecular weight is 164 g/mol. The van der Waals surface area contributed by atoms with Gasteiger partial charge < -0.3 is 5.73 Å². The Balaban J connectivity index is 2.19. The minimum atomic E-state index is 0.146. The highest BCUT2D eigenvalue weighted by molar-refractivity contribution is 5.18. The van der Waals surface area contributed by atoms with Gasteiger partial charge in [0, 0.05) is 25.0 Å². The summed E-state index contributed by atoms with van der Waals surface area (Å²) in [6.45, 7) is 0.812. The zero-order chi connectivity index (χ0) is 8.39. The smallest absolute Gasteiger partial charge is 0.0627 e. The normalized spacial score (nSPS) is 29.1. The first kappa shape index (κ1) is 7.67. The molecule has 1 aromatic rings. The molecule has 12 heavy (non-hydrogen) atoms. The standard InChI is InChI=1S/C8H12N4/c9-7-5-11-12-8(7)6-1-3-10-4-2-6/h1-4,7-8,11-12H,5,9H2. The van der Waals surface area contributed by atoms with Crippen LogP contribution in [-0.2, 0) is 0 Å². The Bertz CT molecular complexity index is 248. The number of nitrogens with two attached hydrogens (primary N) is 1. The van der Waals surface area contributed by atoms with Crippen molar-refractivity contribution < 1.29 is 0 Å². The van der Waals surface area contributed by atoms with Gasteiger partial charge in [0.25, 0.3) is 0 Å². The van der Waals surface area contributed by atoms with Crippen molar-refractivity contribution in [3.8, 4) is 0 Å². The minimum absolute atomic E-state index is 0.146. The summed E-state index contributed by atoms with van der Waals surface area (Å²) in [4.78, 5) is 3.95. The average Bonchev–Trinajstić information content (AvgIpc) is 2.53. The largest absolute Gasteiger partial charge is 0.325 e. The second-order valence-electron chi connectivity index (χ2n) is 2.95. The summed E-state index contributed by atoms with van der Waals surface area (Å²) in [5.74, 6) is 0. The van der Waals surface area contributed by atoms with E-state index < -0.39 is 0 Å². The number of aromatic nitrogens is 1. The van der Waals surface area contributed by atoms with E-state index in [0.717, 1.165) is 6.54 Å². The zero-order valence-corrected chi connectivity index (χ0v) is 6.70. The molecule has 2 rings (SSSR count). The van der Waals surface area contributed by atoms with Crippen molar-refractivity contribution in [2.75, 3.05) is 6.54 Å². The highest BCUT2D eigenvalue weighted by atomic mass is 15.4. The van der Waals surface area contributed by atoms with Crippen molar-refractivity contribution in [1.82, 2.24) is 15.8 Å². The van der Waals surface area contributed by atoms with Crippen molar-refractivity contribution in [2.45, 2.75) is 12.1 Å². The Kier molecular flexibility index (Phi) is 2.03. The van der Waals surface area contributed by atoms with E-state index in [1.54, 1.807) is 12.4 Å². The summed E-state index contributed by atoms with van der Waals surface area (Å²) in [5.41, 5.74) is 13.2. The number of hydrazine groups is 1. The van der Waals surface area contributed by atoms with Crippen molar-refractivity contribution in [3.63, 3.8) is 0 Å². The molecule has 1 aliphatic rings. The monoisotopic (exact) mass is 164 g/mol. The molecule has 0 aromatic carbocycles. The van der Waals surface area contributed by atoms with Gasteiger partial charge in [-0.2, -0.15) is 0 Å². The number of nitrogens with one attached hydrogen (secondary N) is 2. The second-order valence-corrected chi connectivity index (χ2v) is 2.95. The lowest BCUT2D eigenvalue weighted by atomic mass is 10.0. The Morgan fingerprint density at radius 1 is 1.42 bits per heavy atom. The van der Waals surface area contributed by atoms with E-state index in [9.17, 15) is 0 Å². The Hall–Kier alpha value is -0.970. The summed E-state index contributed by atoms with van der Waals surface area (Å²) in [6, 6.07) is 4.31. The SMILES string of the molecule is NC1CNNC1c1ccncc1. The highest BCUT2D eigenvalue weighted by Crippen LogP contribution is 2.16. The molecule has 0 spiro atoms.